The van der Waals surface area contributed by atoms with E-state index in [1.807, 2.05) is 0 Å². The van der Waals surface area contributed by atoms with E-state index in [-0.39, 0.29) is 18.6 Å². The van der Waals surface area contributed by atoms with Crippen molar-refractivity contribution in [3.8, 4) is 5.75 Å². The van der Waals surface area contributed by atoms with Crippen molar-refractivity contribution in [1.29, 1.82) is 0 Å². The largest absolute Gasteiger partial charge is 0.484 e. The van der Waals surface area contributed by atoms with Crippen LogP contribution < -0.4 is 15.5 Å². The Kier molecular flexibility index (Phi) is 8.16. The minimum atomic E-state index is -0.842. The highest BCUT2D eigenvalue weighted by Gasteiger charge is 2.19. The number of nitrogens with one attached hydrogen (secondary N) is 2. The number of ether oxygens (including phenoxy) is 3. The number of carbonyl (C=O) groups is 3. The van der Waals surface area contributed by atoms with Gasteiger partial charge in [0.25, 0.3) is 5.91 Å². The number of hydrogen-bond donors (Lipinski definition) is 2. The Morgan fingerprint density at radius 2 is 1.90 bits per heavy atom. The van der Waals surface area contributed by atoms with Crippen molar-refractivity contribution in [1.82, 2.24) is 15.6 Å². The summed E-state index contributed by atoms with van der Waals surface area (Å²) >= 11 is 0. The van der Waals surface area contributed by atoms with Crippen LogP contribution in [0.1, 0.15) is 18.4 Å². The van der Waals surface area contributed by atoms with Crippen LogP contribution >= 0.6 is 0 Å². The van der Waals surface area contributed by atoms with Gasteiger partial charge in [0.05, 0.1) is 25.5 Å². The molecule has 3 amide bonds. The number of nitrogens with zero attached hydrogens (tertiary/aromatic N) is 2. The van der Waals surface area contributed by atoms with E-state index in [0.717, 1.165) is 12.8 Å². The van der Waals surface area contributed by atoms with E-state index < -0.39 is 11.8 Å². The molecule has 2 aliphatic rings. The van der Waals surface area contributed by atoms with Crippen LogP contribution in [0.25, 0.3) is 0 Å². The first kappa shape index (κ1) is 21.7. The Bertz CT molecular complexity index is 755. The van der Waals surface area contributed by atoms with E-state index in [0.29, 0.717) is 50.8 Å². The molecule has 2 saturated heterocycles. The fourth-order valence-electron chi connectivity index (χ4n) is 3.01. The van der Waals surface area contributed by atoms with Gasteiger partial charge < -0.3 is 24.4 Å². The van der Waals surface area contributed by atoms with Crippen molar-refractivity contribution >= 4 is 23.9 Å². The molecule has 2 aliphatic heterocycles. The molecule has 10 heteroatoms. The van der Waals surface area contributed by atoms with Gasteiger partial charge in [-0.2, -0.15) is 5.10 Å². The monoisotopic (exact) mass is 418 g/mol. The molecule has 0 spiro atoms. The Hall–Kier alpha value is -2.98. The van der Waals surface area contributed by atoms with Crippen molar-refractivity contribution < 1.29 is 28.6 Å². The summed E-state index contributed by atoms with van der Waals surface area (Å²) < 4.78 is 16.1. The lowest BCUT2D eigenvalue weighted by atomic mass is 10.2. The predicted molar refractivity (Wildman–Crippen MR) is 107 cm³/mol. The third-order valence-electron chi connectivity index (χ3n) is 4.71. The van der Waals surface area contributed by atoms with Gasteiger partial charge in [-0.05, 0) is 42.7 Å². The SMILES string of the molecule is O=C(NC[C@@H]1CCCO1)C(=O)N/N=C\c1ccc(OCC(=O)N2CCOCC2)cc1. The van der Waals surface area contributed by atoms with Crippen LogP contribution in [-0.4, -0.2) is 81.0 Å². The maximum atomic E-state index is 12.1. The minimum Gasteiger partial charge on any atom is -0.484 e. The molecule has 1 aromatic carbocycles. The van der Waals surface area contributed by atoms with E-state index in [1.165, 1.54) is 6.21 Å². The van der Waals surface area contributed by atoms with E-state index in [4.69, 9.17) is 14.2 Å². The highest BCUT2D eigenvalue weighted by Crippen LogP contribution is 2.12. The van der Waals surface area contributed by atoms with E-state index in [1.54, 1.807) is 29.2 Å². The van der Waals surface area contributed by atoms with Crippen molar-refractivity contribution in [2.45, 2.75) is 18.9 Å². The summed E-state index contributed by atoms with van der Waals surface area (Å²) in [5, 5.41) is 6.30. The molecule has 1 atom stereocenters. The summed E-state index contributed by atoms with van der Waals surface area (Å²) in [6.07, 6.45) is 3.22. The zero-order valence-electron chi connectivity index (χ0n) is 16.7. The van der Waals surface area contributed by atoms with Gasteiger partial charge in [-0.1, -0.05) is 0 Å². The molecule has 0 bridgehead atoms. The van der Waals surface area contributed by atoms with Gasteiger partial charge in [0, 0.05) is 26.2 Å². The second-order valence-corrected chi connectivity index (χ2v) is 6.90. The molecule has 30 heavy (non-hydrogen) atoms. The van der Waals surface area contributed by atoms with Gasteiger partial charge in [0.2, 0.25) is 0 Å². The number of carbonyl (C=O) groups excluding carboxylic acids is 3. The third kappa shape index (κ3) is 6.82. The molecular weight excluding hydrogens is 392 g/mol. The zero-order chi connectivity index (χ0) is 21.2. The van der Waals surface area contributed by atoms with Gasteiger partial charge in [-0.15, -0.1) is 0 Å². The van der Waals surface area contributed by atoms with Gasteiger partial charge in [-0.3, -0.25) is 14.4 Å². The molecule has 2 N–H and O–H groups in total. The van der Waals surface area contributed by atoms with E-state index in [2.05, 4.69) is 15.8 Å². The summed E-state index contributed by atoms with van der Waals surface area (Å²) in [5.74, 6) is -1.13. The fraction of sp³-hybridized carbons (Fsp3) is 0.500. The van der Waals surface area contributed by atoms with Gasteiger partial charge in [-0.25, -0.2) is 5.43 Å². The molecule has 0 aliphatic carbocycles. The average molecular weight is 418 g/mol. The second-order valence-electron chi connectivity index (χ2n) is 6.90. The number of morpholine rings is 1. The topological polar surface area (TPSA) is 119 Å². The Labute approximate surface area is 174 Å². The maximum Gasteiger partial charge on any atom is 0.329 e. The summed E-state index contributed by atoms with van der Waals surface area (Å²) in [6.45, 7) is 3.21. The quantitative estimate of drug-likeness (QED) is 0.356. The molecule has 2 fully saturated rings. The molecule has 162 valence electrons. The molecule has 3 rings (SSSR count). The summed E-state index contributed by atoms with van der Waals surface area (Å²) in [6, 6.07) is 6.84. The number of rotatable bonds is 7. The second kappa shape index (κ2) is 11.3. The molecule has 0 saturated carbocycles. The molecule has 0 unspecified atom stereocenters. The summed E-state index contributed by atoms with van der Waals surface area (Å²) in [7, 11) is 0. The van der Waals surface area contributed by atoms with Crippen molar-refractivity contribution in [2.24, 2.45) is 5.10 Å². The van der Waals surface area contributed by atoms with Crippen LogP contribution in [0.4, 0.5) is 0 Å². The zero-order valence-corrected chi connectivity index (χ0v) is 16.7. The normalized spacial score (nSPS) is 18.9. The standard InChI is InChI=1S/C20H26N4O6/c25-18(24-7-10-28-11-8-24)14-30-16-5-3-15(4-6-16)12-22-23-20(27)19(26)21-13-17-2-1-9-29-17/h3-6,12,17H,1-2,7-11,13-14H2,(H,21,26)(H,23,27)/b22-12-/t17-/m0/s1. The molecule has 10 nitrogen and oxygen atoms in total. The fourth-order valence-corrected chi connectivity index (χ4v) is 3.01. The molecular formula is C20H26N4O6. The third-order valence-corrected chi connectivity index (χ3v) is 4.71. The van der Waals surface area contributed by atoms with Crippen molar-refractivity contribution in [3.05, 3.63) is 29.8 Å². The number of benzene rings is 1. The van der Waals surface area contributed by atoms with E-state index >= 15 is 0 Å². The number of hydrazone groups is 1. The lowest BCUT2D eigenvalue weighted by molar-refractivity contribution is -0.139. The predicted octanol–water partition coefficient (Wildman–Crippen LogP) is -0.330. The highest BCUT2D eigenvalue weighted by molar-refractivity contribution is 6.35. The average Bonchev–Trinajstić information content (AvgIpc) is 3.31. The van der Waals surface area contributed by atoms with Crippen LogP contribution in [0, 0.1) is 0 Å². The van der Waals surface area contributed by atoms with E-state index in [9.17, 15) is 14.4 Å². The Balaban J connectivity index is 1.36. The van der Waals surface area contributed by atoms with Crippen LogP contribution in [0.3, 0.4) is 0 Å². The Morgan fingerprint density at radius 1 is 1.13 bits per heavy atom. The van der Waals surface area contributed by atoms with Gasteiger partial charge >= 0.3 is 11.8 Å². The van der Waals surface area contributed by atoms with Gasteiger partial charge in [0.15, 0.2) is 6.61 Å². The smallest absolute Gasteiger partial charge is 0.329 e. The minimum absolute atomic E-state index is 0.0323. The summed E-state index contributed by atoms with van der Waals surface area (Å²) in [4.78, 5) is 37.2. The van der Waals surface area contributed by atoms with Crippen LogP contribution in [0.2, 0.25) is 0 Å². The van der Waals surface area contributed by atoms with Crippen LogP contribution in [-0.2, 0) is 23.9 Å². The Morgan fingerprint density at radius 3 is 2.60 bits per heavy atom. The van der Waals surface area contributed by atoms with Crippen molar-refractivity contribution in [2.75, 3.05) is 46.1 Å². The lowest BCUT2D eigenvalue weighted by Gasteiger charge is -2.26. The molecule has 2 heterocycles. The summed E-state index contributed by atoms with van der Waals surface area (Å²) in [5.41, 5.74) is 2.88. The molecule has 1 aromatic rings. The molecule has 0 aromatic heterocycles. The highest BCUT2D eigenvalue weighted by atomic mass is 16.5. The van der Waals surface area contributed by atoms with Crippen LogP contribution in [0.5, 0.6) is 5.75 Å². The first-order valence-electron chi connectivity index (χ1n) is 9.93. The number of amides is 3. The first-order chi connectivity index (χ1) is 14.6. The van der Waals surface area contributed by atoms with Crippen LogP contribution in [0.15, 0.2) is 29.4 Å². The maximum absolute atomic E-state index is 12.1. The molecule has 0 radical (unpaired) electrons. The van der Waals surface area contributed by atoms with Gasteiger partial charge in [0.1, 0.15) is 5.75 Å². The number of hydrogen-bond acceptors (Lipinski definition) is 7. The first-order valence-corrected chi connectivity index (χ1v) is 9.93. The lowest BCUT2D eigenvalue weighted by Crippen LogP contribution is -2.42. The van der Waals surface area contributed by atoms with Crippen molar-refractivity contribution in [3.63, 3.8) is 0 Å².